The summed E-state index contributed by atoms with van der Waals surface area (Å²) in [6, 6.07) is 13.0. The predicted octanol–water partition coefficient (Wildman–Crippen LogP) is 4.72. The molecule has 0 saturated carbocycles. The zero-order valence-corrected chi connectivity index (χ0v) is 13.1. The van der Waals surface area contributed by atoms with Crippen LogP contribution in [0.1, 0.15) is 17.7 Å². The maximum atomic E-state index is 3.49. The molecule has 1 fully saturated rings. The molecule has 1 aliphatic heterocycles. The maximum absolute atomic E-state index is 3.49. The Kier molecular flexibility index (Phi) is 4.09. The standard InChI is InChI=1S/C15H17BrN2S/c16-15-8-7-14(19-15)11-17-12-3-5-13(6-4-12)18-9-1-2-10-18/h3-8,17H,1-2,9-11H2. The van der Waals surface area contributed by atoms with Gasteiger partial charge in [0.15, 0.2) is 0 Å². The van der Waals surface area contributed by atoms with Crippen LogP contribution in [0.15, 0.2) is 40.2 Å². The SMILES string of the molecule is Brc1ccc(CNc2ccc(N3CCCC3)cc2)s1. The van der Waals surface area contributed by atoms with Crippen LogP contribution in [0.2, 0.25) is 0 Å². The molecule has 0 radical (unpaired) electrons. The number of halogens is 1. The summed E-state index contributed by atoms with van der Waals surface area (Å²) in [6.45, 7) is 3.30. The Labute approximate surface area is 126 Å². The monoisotopic (exact) mass is 336 g/mol. The van der Waals surface area contributed by atoms with Crippen molar-refractivity contribution in [3.05, 3.63) is 45.1 Å². The molecule has 1 N–H and O–H groups in total. The van der Waals surface area contributed by atoms with Crippen LogP contribution in [0.3, 0.4) is 0 Å². The molecular formula is C15H17BrN2S. The topological polar surface area (TPSA) is 15.3 Å². The lowest BCUT2D eigenvalue weighted by Crippen LogP contribution is -2.17. The molecule has 2 aromatic rings. The van der Waals surface area contributed by atoms with Crippen molar-refractivity contribution in [1.82, 2.24) is 0 Å². The normalized spacial score (nSPS) is 14.9. The molecular weight excluding hydrogens is 320 g/mol. The first-order valence-corrected chi connectivity index (χ1v) is 8.25. The number of benzene rings is 1. The number of thiophene rings is 1. The van der Waals surface area contributed by atoms with Crippen molar-refractivity contribution in [3.63, 3.8) is 0 Å². The molecule has 1 aromatic carbocycles. The zero-order chi connectivity index (χ0) is 13.1. The molecule has 1 saturated heterocycles. The van der Waals surface area contributed by atoms with Gasteiger partial charge in [0, 0.05) is 35.9 Å². The molecule has 0 amide bonds. The Hall–Kier alpha value is -1.000. The summed E-state index contributed by atoms with van der Waals surface area (Å²) in [7, 11) is 0. The van der Waals surface area contributed by atoms with Gasteiger partial charge in [-0.1, -0.05) is 0 Å². The fourth-order valence-corrected chi connectivity index (χ4v) is 3.82. The van der Waals surface area contributed by atoms with E-state index in [1.165, 1.54) is 46.0 Å². The van der Waals surface area contributed by atoms with E-state index in [-0.39, 0.29) is 0 Å². The van der Waals surface area contributed by atoms with Gasteiger partial charge in [-0.15, -0.1) is 11.3 Å². The Morgan fingerprint density at radius 3 is 2.42 bits per heavy atom. The number of anilines is 2. The number of rotatable bonds is 4. The van der Waals surface area contributed by atoms with Gasteiger partial charge < -0.3 is 10.2 Å². The molecule has 0 bridgehead atoms. The number of nitrogens with zero attached hydrogens (tertiary/aromatic N) is 1. The highest BCUT2D eigenvalue weighted by Gasteiger charge is 2.11. The van der Waals surface area contributed by atoms with E-state index >= 15 is 0 Å². The predicted molar refractivity (Wildman–Crippen MR) is 87.2 cm³/mol. The summed E-state index contributed by atoms with van der Waals surface area (Å²) in [5.74, 6) is 0. The average molecular weight is 337 g/mol. The molecule has 0 aliphatic carbocycles. The summed E-state index contributed by atoms with van der Waals surface area (Å²) < 4.78 is 1.19. The summed E-state index contributed by atoms with van der Waals surface area (Å²) in [6.07, 6.45) is 2.65. The van der Waals surface area contributed by atoms with Gasteiger partial charge in [-0.25, -0.2) is 0 Å². The van der Waals surface area contributed by atoms with Crippen LogP contribution in [-0.4, -0.2) is 13.1 Å². The smallest absolute Gasteiger partial charge is 0.0702 e. The third-order valence-electron chi connectivity index (χ3n) is 3.43. The van der Waals surface area contributed by atoms with Crippen LogP contribution < -0.4 is 10.2 Å². The average Bonchev–Trinajstić information content (AvgIpc) is 3.08. The molecule has 2 heterocycles. The van der Waals surface area contributed by atoms with E-state index in [9.17, 15) is 0 Å². The highest BCUT2D eigenvalue weighted by molar-refractivity contribution is 9.11. The second-order valence-corrected chi connectivity index (χ2v) is 7.35. The Morgan fingerprint density at radius 2 is 1.79 bits per heavy atom. The van der Waals surface area contributed by atoms with Crippen molar-refractivity contribution < 1.29 is 0 Å². The van der Waals surface area contributed by atoms with Gasteiger partial charge in [0.05, 0.1) is 3.79 Å². The lowest BCUT2D eigenvalue weighted by molar-refractivity contribution is 0.949. The van der Waals surface area contributed by atoms with E-state index in [1.807, 2.05) is 0 Å². The third kappa shape index (κ3) is 3.31. The Balaban J connectivity index is 1.59. The van der Waals surface area contributed by atoms with E-state index < -0.39 is 0 Å². The van der Waals surface area contributed by atoms with E-state index in [2.05, 4.69) is 62.5 Å². The number of hydrogen-bond donors (Lipinski definition) is 1. The largest absolute Gasteiger partial charge is 0.380 e. The Bertz CT molecular complexity index is 529. The summed E-state index contributed by atoms with van der Waals surface area (Å²) in [4.78, 5) is 3.80. The van der Waals surface area contributed by atoms with Crippen LogP contribution in [0, 0.1) is 0 Å². The van der Waals surface area contributed by atoms with E-state index in [0.29, 0.717) is 0 Å². The molecule has 0 unspecified atom stereocenters. The minimum absolute atomic E-state index is 0.888. The van der Waals surface area contributed by atoms with Crippen LogP contribution in [0.5, 0.6) is 0 Å². The quantitative estimate of drug-likeness (QED) is 0.868. The molecule has 0 spiro atoms. The molecule has 3 rings (SSSR count). The van der Waals surface area contributed by atoms with Gasteiger partial charge in [-0.2, -0.15) is 0 Å². The van der Waals surface area contributed by atoms with Crippen molar-refractivity contribution in [3.8, 4) is 0 Å². The first-order valence-electron chi connectivity index (χ1n) is 6.64. The van der Waals surface area contributed by atoms with Crippen molar-refractivity contribution >= 4 is 38.6 Å². The number of hydrogen-bond acceptors (Lipinski definition) is 3. The Morgan fingerprint density at radius 1 is 1.05 bits per heavy atom. The van der Waals surface area contributed by atoms with E-state index in [1.54, 1.807) is 11.3 Å². The van der Waals surface area contributed by atoms with E-state index in [0.717, 1.165) is 6.54 Å². The van der Waals surface area contributed by atoms with Gasteiger partial charge >= 0.3 is 0 Å². The lowest BCUT2D eigenvalue weighted by atomic mass is 10.2. The fourth-order valence-electron chi connectivity index (χ4n) is 2.40. The second kappa shape index (κ2) is 5.97. The highest BCUT2D eigenvalue weighted by Crippen LogP contribution is 2.24. The van der Waals surface area contributed by atoms with Gasteiger partial charge in [-0.05, 0) is 65.2 Å². The van der Waals surface area contributed by atoms with Gasteiger partial charge in [-0.3, -0.25) is 0 Å². The third-order valence-corrected chi connectivity index (χ3v) is 5.06. The van der Waals surface area contributed by atoms with Crippen molar-refractivity contribution in [2.24, 2.45) is 0 Å². The molecule has 19 heavy (non-hydrogen) atoms. The summed E-state index contributed by atoms with van der Waals surface area (Å²) in [5.41, 5.74) is 2.54. The van der Waals surface area contributed by atoms with Crippen LogP contribution in [0.4, 0.5) is 11.4 Å². The molecule has 0 atom stereocenters. The molecule has 2 nitrogen and oxygen atoms in total. The minimum atomic E-state index is 0.888. The summed E-state index contributed by atoms with van der Waals surface area (Å²) in [5, 5.41) is 3.46. The molecule has 1 aromatic heterocycles. The number of nitrogens with one attached hydrogen (secondary N) is 1. The fraction of sp³-hybridized carbons (Fsp3) is 0.333. The molecule has 100 valence electrons. The molecule has 1 aliphatic rings. The van der Waals surface area contributed by atoms with Gasteiger partial charge in [0.25, 0.3) is 0 Å². The van der Waals surface area contributed by atoms with Crippen LogP contribution in [0.25, 0.3) is 0 Å². The first-order chi connectivity index (χ1) is 9.31. The molecule has 4 heteroatoms. The van der Waals surface area contributed by atoms with Gasteiger partial charge in [0.2, 0.25) is 0 Å². The van der Waals surface area contributed by atoms with Crippen LogP contribution in [-0.2, 0) is 6.54 Å². The van der Waals surface area contributed by atoms with Crippen molar-refractivity contribution in [2.75, 3.05) is 23.3 Å². The highest BCUT2D eigenvalue weighted by atomic mass is 79.9. The second-order valence-electron chi connectivity index (χ2n) is 4.80. The van der Waals surface area contributed by atoms with Crippen molar-refractivity contribution in [2.45, 2.75) is 19.4 Å². The zero-order valence-electron chi connectivity index (χ0n) is 10.7. The summed E-state index contributed by atoms with van der Waals surface area (Å²) >= 11 is 5.27. The van der Waals surface area contributed by atoms with Crippen molar-refractivity contribution in [1.29, 1.82) is 0 Å². The van der Waals surface area contributed by atoms with Crippen LogP contribution >= 0.6 is 27.3 Å². The lowest BCUT2D eigenvalue weighted by Gasteiger charge is -2.17. The first kappa shape index (κ1) is 13.0. The van der Waals surface area contributed by atoms with Gasteiger partial charge in [0.1, 0.15) is 0 Å². The maximum Gasteiger partial charge on any atom is 0.0702 e. The minimum Gasteiger partial charge on any atom is -0.380 e. The van der Waals surface area contributed by atoms with E-state index in [4.69, 9.17) is 0 Å².